The maximum atomic E-state index is 6.08. The summed E-state index contributed by atoms with van der Waals surface area (Å²) in [6, 6.07) is 0. The minimum absolute atomic E-state index is 0.412. The molecule has 2 atom stereocenters. The fourth-order valence-corrected chi connectivity index (χ4v) is 5.77. The van der Waals surface area contributed by atoms with E-state index in [4.69, 9.17) is 4.74 Å². The number of ether oxygens (including phenoxy) is 1. The van der Waals surface area contributed by atoms with Crippen LogP contribution in [0.25, 0.3) is 0 Å². The number of hydrogen-bond acceptors (Lipinski definition) is 1. The molecule has 3 fully saturated rings. The molecule has 2 saturated carbocycles. The van der Waals surface area contributed by atoms with Crippen LogP contribution in [0.4, 0.5) is 0 Å². The molecule has 0 spiro atoms. The van der Waals surface area contributed by atoms with Crippen LogP contribution in [0.2, 0.25) is 0 Å². The predicted octanol–water partition coefficient (Wildman–Crippen LogP) is 7.16. The van der Waals surface area contributed by atoms with Gasteiger partial charge >= 0.3 is 0 Å². The van der Waals surface area contributed by atoms with Crippen LogP contribution in [0.15, 0.2) is 12.2 Å². The Morgan fingerprint density at radius 3 is 1.92 bits per heavy atom. The Hall–Kier alpha value is -0.300. The van der Waals surface area contributed by atoms with E-state index in [1.165, 1.54) is 83.5 Å². The van der Waals surface area contributed by atoms with Gasteiger partial charge in [0.2, 0.25) is 0 Å². The standard InChI is InChI=1S/C24H42O/c1-3-5-21-11-17-24(25-18-21)16-10-20-8-14-23(15-9-20)22-12-6-19(4-2)7-13-22/h10,16,19-24H,3-9,11-15,17-18H2,1-2H3. The summed E-state index contributed by atoms with van der Waals surface area (Å²) in [5.41, 5.74) is 0. The monoisotopic (exact) mass is 346 g/mol. The molecule has 0 amide bonds. The van der Waals surface area contributed by atoms with Gasteiger partial charge in [-0.1, -0.05) is 51.7 Å². The van der Waals surface area contributed by atoms with E-state index in [1.807, 2.05) is 0 Å². The van der Waals surface area contributed by atoms with Crippen molar-refractivity contribution in [3.8, 4) is 0 Å². The van der Waals surface area contributed by atoms with E-state index in [9.17, 15) is 0 Å². The molecule has 144 valence electrons. The third kappa shape index (κ3) is 5.84. The molecule has 3 rings (SSSR count). The lowest BCUT2D eigenvalue weighted by atomic mass is 9.69. The Morgan fingerprint density at radius 1 is 0.720 bits per heavy atom. The molecule has 0 N–H and O–H groups in total. The molecule has 0 aromatic carbocycles. The third-order valence-electron chi connectivity index (χ3n) is 7.65. The second kappa shape index (κ2) is 10.1. The highest BCUT2D eigenvalue weighted by molar-refractivity contribution is 4.97. The summed E-state index contributed by atoms with van der Waals surface area (Å²) < 4.78 is 6.08. The van der Waals surface area contributed by atoms with Crippen molar-refractivity contribution in [2.24, 2.45) is 29.6 Å². The van der Waals surface area contributed by atoms with E-state index >= 15 is 0 Å². The van der Waals surface area contributed by atoms with Crippen molar-refractivity contribution in [2.75, 3.05) is 6.61 Å². The maximum absolute atomic E-state index is 6.08. The summed E-state index contributed by atoms with van der Waals surface area (Å²) in [6.45, 7) is 5.66. The van der Waals surface area contributed by atoms with Gasteiger partial charge in [0.1, 0.15) is 0 Å². The molecule has 1 heterocycles. The fraction of sp³-hybridized carbons (Fsp3) is 0.917. The molecule has 1 nitrogen and oxygen atoms in total. The van der Waals surface area contributed by atoms with Gasteiger partial charge in [0.05, 0.1) is 12.7 Å². The first-order valence-corrected chi connectivity index (χ1v) is 11.6. The zero-order valence-corrected chi connectivity index (χ0v) is 16.9. The molecule has 0 radical (unpaired) electrons. The summed E-state index contributed by atoms with van der Waals surface area (Å²) in [5.74, 6) is 4.81. The van der Waals surface area contributed by atoms with E-state index < -0.39 is 0 Å². The van der Waals surface area contributed by atoms with Crippen LogP contribution in [0.3, 0.4) is 0 Å². The van der Waals surface area contributed by atoms with Gasteiger partial charge < -0.3 is 4.74 Å². The Morgan fingerprint density at radius 2 is 1.36 bits per heavy atom. The Kier molecular flexibility index (Phi) is 7.90. The fourth-order valence-electron chi connectivity index (χ4n) is 5.77. The number of rotatable bonds is 6. The summed E-state index contributed by atoms with van der Waals surface area (Å²) in [7, 11) is 0. The van der Waals surface area contributed by atoms with Crippen molar-refractivity contribution < 1.29 is 4.74 Å². The molecule has 3 aliphatic rings. The lowest BCUT2D eigenvalue weighted by molar-refractivity contribution is 0.00801. The SMILES string of the molecule is CCCC1CCC(C=CC2CCC(C3CCC(CC)CC3)CC2)OC1. The lowest BCUT2D eigenvalue weighted by Crippen LogP contribution is -2.26. The Balaban J connectivity index is 1.34. The first kappa shape index (κ1) is 19.5. The summed E-state index contributed by atoms with van der Waals surface area (Å²) in [6.07, 6.45) is 23.9. The van der Waals surface area contributed by atoms with E-state index in [0.29, 0.717) is 6.10 Å². The van der Waals surface area contributed by atoms with Crippen molar-refractivity contribution in [3.05, 3.63) is 12.2 Å². The molecule has 0 aromatic rings. The van der Waals surface area contributed by atoms with Gasteiger partial charge in [0.25, 0.3) is 0 Å². The van der Waals surface area contributed by atoms with Crippen LogP contribution < -0.4 is 0 Å². The normalized spacial score (nSPS) is 40.4. The molecule has 2 unspecified atom stereocenters. The average Bonchev–Trinajstić information content (AvgIpc) is 2.68. The van der Waals surface area contributed by atoms with Gasteiger partial charge in [-0.3, -0.25) is 0 Å². The van der Waals surface area contributed by atoms with Crippen LogP contribution in [-0.2, 0) is 4.74 Å². The smallest absolute Gasteiger partial charge is 0.0756 e. The summed E-state index contributed by atoms with van der Waals surface area (Å²) >= 11 is 0. The second-order valence-corrected chi connectivity index (χ2v) is 9.35. The molecular weight excluding hydrogens is 304 g/mol. The highest BCUT2D eigenvalue weighted by Crippen LogP contribution is 2.42. The maximum Gasteiger partial charge on any atom is 0.0756 e. The molecule has 0 aromatic heterocycles. The molecule has 25 heavy (non-hydrogen) atoms. The van der Waals surface area contributed by atoms with Gasteiger partial charge in [0.15, 0.2) is 0 Å². The zero-order valence-electron chi connectivity index (χ0n) is 16.9. The van der Waals surface area contributed by atoms with E-state index in [-0.39, 0.29) is 0 Å². The minimum atomic E-state index is 0.412. The van der Waals surface area contributed by atoms with Gasteiger partial charge in [-0.2, -0.15) is 0 Å². The molecule has 0 bridgehead atoms. The average molecular weight is 347 g/mol. The van der Waals surface area contributed by atoms with Crippen LogP contribution >= 0.6 is 0 Å². The quantitative estimate of drug-likeness (QED) is 0.463. The van der Waals surface area contributed by atoms with Crippen molar-refractivity contribution in [1.29, 1.82) is 0 Å². The van der Waals surface area contributed by atoms with Crippen LogP contribution in [0.1, 0.15) is 97.3 Å². The van der Waals surface area contributed by atoms with Crippen molar-refractivity contribution in [3.63, 3.8) is 0 Å². The predicted molar refractivity (Wildman–Crippen MR) is 108 cm³/mol. The van der Waals surface area contributed by atoms with E-state index in [0.717, 1.165) is 36.2 Å². The molecule has 1 heteroatoms. The Labute approximate surface area is 157 Å². The number of allylic oxidation sites excluding steroid dienone is 1. The summed E-state index contributed by atoms with van der Waals surface area (Å²) in [4.78, 5) is 0. The largest absolute Gasteiger partial charge is 0.374 e. The van der Waals surface area contributed by atoms with Crippen molar-refractivity contribution in [1.82, 2.24) is 0 Å². The molecule has 1 saturated heterocycles. The van der Waals surface area contributed by atoms with Gasteiger partial charge in [-0.15, -0.1) is 0 Å². The van der Waals surface area contributed by atoms with Gasteiger partial charge in [-0.25, -0.2) is 0 Å². The van der Waals surface area contributed by atoms with Gasteiger partial charge in [-0.05, 0) is 87.4 Å². The van der Waals surface area contributed by atoms with E-state index in [2.05, 4.69) is 26.0 Å². The van der Waals surface area contributed by atoms with Crippen LogP contribution in [0, 0.1) is 29.6 Å². The van der Waals surface area contributed by atoms with Crippen molar-refractivity contribution >= 4 is 0 Å². The highest BCUT2D eigenvalue weighted by Gasteiger charge is 2.30. The topological polar surface area (TPSA) is 9.23 Å². The minimum Gasteiger partial charge on any atom is -0.374 e. The highest BCUT2D eigenvalue weighted by atomic mass is 16.5. The van der Waals surface area contributed by atoms with Gasteiger partial charge in [0, 0.05) is 0 Å². The first-order valence-electron chi connectivity index (χ1n) is 11.6. The van der Waals surface area contributed by atoms with Crippen LogP contribution in [0.5, 0.6) is 0 Å². The third-order valence-corrected chi connectivity index (χ3v) is 7.65. The second-order valence-electron chi connectivity index (χ2n) is 9.35. The Bertz CT molecular complexity index is 377. The lowest BCUT2D eigenvalue weighted by Gasteiger charge is -2.37. The molecule has 2 aliphatic carbocycles. The van der Waals surface area contributed by atoms with Crippen molar-refractivity contribution in [2.45, 2.75) is 103 Å². The molecular formula is C24H42O. The summed E-state index contributed by atoms with van der Waals surface area (Å²) in [5, 5.41) is 0. The first-order chi connectivity index (χ1) is 12.3. The number of hydrogen-bond donors (Lipinski definition) is 0. The van der Waals surface area contributed by atoms with Crippen LogP contribution in [-0.4, -0.2) is 12.7 Å². The molecule has 1 aliphatic heterocycles. The zero-order chi connectivity index (χ0) is 17.5. The van der Waals surface area contributed by atoms with E-state index in [1.54, 1.807) is 0 Å².